The van der Waals surface area contributed by atoms with Crippen molar-refractivity contribution in [1.29, 1.82) is 0 Å². The predicted molar refractivity (Wildman–Crippen MR) is 72.1 cm³/mol. The van der Waals surface area contributed by atoms with E-state index in [-0.39, 0.29) is 11.8 Å². The maximum absolute atomic E-state index is 11.9. The lowest BCUT2D eigenvalue weighted by molar-refractivity contribution is -0.119. The molecule has 0 aliphatic carbocycles. The van der Waals surface area contributed by atoms with Gasteiger partial charge in [-0.15, -0.1) is 0 Å². The summed E-state index contributed by atoms with van der Waals surface area (Å²) in [5.74, 6) is 0.0115. The number of hydrogen-bond acceptors (Lipinski definition) is 4. The van der Waals surface area contributed by atoms with E-state index < -0.39 is 6.09 Å². The third-order valence-corrected chi connectivity index (χ3v) is 2.99. The van der Waals surface area contributed by atoms with Gasteiger partial charge in [0.25, 0.3) is 0 Å². The third-order valence-electron chi connectivity index (χ3n) is 2.99. The summed E-state index contributed by atoms with van der Waals surface area (Å²) in [4.78, 5) is 23.0. The Hall–Kier alpha value is -2.08. The fraction of sp³-hybridized carbons (Fsp3) is 0.385. The molecule has 0 saturated carbocycles. The van der Waals surface area contributed by atoms with E-state index in [2.05, 4.69) is 20.7 Å². The summed E-state index contributed by atoms with van der Waals surface area (Å²) in [6.07, 6.45) is 0.315. The molecule has 2 rings (SSSR count). The van der Waals surface area contributed by atoms with Crippen molar-refractivity contribution in [3.8, 4) is 0 Å². The SMILES string of the molecule is COC(=O)Nc1cccc(NC(=O)C2CCNC2)c1. The number of methoxy groups -OCH3 is 1. The third kappa shape index (κ3) is 3.69. The molecule has 6 heteroatoms. The summed E-state index contributed by atoms with van der Waals surface area (Å²) in [6.45, 7) is 1.59. The van der Waals surface area contributed by atoms with E-state index in [0.29, 0.717) is 17.9 Å². The molecule has 0 bridgehead atoms. The summed E-state index contributed by atoms with van der Waals surface area (Å²) in [7, 11) is 1.30. The van der Waals surface area contributed by atoms with Gasteiger partial charge >= 0.3 is 6.09 Å². The van der Waals surface area contributed by atoms with Crippen molar-refractivity contribution >= 4 is 23.4 Å². The van der Waals surface area contributed by atoms with E-state index >= 15 is 0 Å². The molecule has 1 atom stereocenters. The molecular weight excluding hydrogens is 246 g/mol. The molecule has 102 valence electrons. The number of rotatable bonds is 3. The molecule has 0 aromatic heterocycles. The molecule has 1 aromatic carbocycles. The van der Waals surface area contributed by atoms with Gasteiger partial charge in [0.05, 0.1) is 13.0 Å². The number of hydrogen-bond donors (Lipinski definition) is 3. The second-order valence-electron chi connectivity index (χ2n) is 4.38. The van der Waals surface area contributed by atoms with Crippen LogP contribution in [0.15, 0.2) is 24.3 Å². The number of anilines is 2. The average Bonchev–Trinajstić information content (AvgIpc) is 2.93. The highest BCUT2D eigenvalue weighted by molar-refractivity contribution is 5.94. The second kappa shape index (κ2) is 6.19. The van der Waals surface area contributed by atoms with Crippen LogP contribution in [-0.2, 0) is 9.53 Å². The summed E-state index contributed by atoms with van der Waals surface area (Å²) < 4.78 is 4.51. The number of carbonyl (C=O) groups excluding carboxylic acids is 2. The van der Waals surface area contributed by atoms with Crippen molar-refractivity contribution < 1.29 is 14.3 Å². The van der Waals surface area contributed by atoms with Crippen LogP contribution in [0, 0.1) is 5.92 Å². The first-order valence-corrected chi connectivity index (χ1v) is 6.15. The minimum atomic E-state index is -0.538. The lowest BCUT2D eigenvalue weighted by Crippen LogP contribution is -2.24. The zero-order valence-corrected chi connectivity index (χ0v) is 10.7. The van der Waals surface area contributed by atoms with Gasteiger partial charge in [-0.1, -0.05) is 6.07 Å². The quantitative estimate of drug-likeness (QED) is 0.770. The number of amides is 2. The van der Waals surface area contributed by atoms with Crippen molar-refractivity contribution in [1.82, 2.24) is 5.32 Å². The largest absolute Gasteiger partial charge is 0.453 e. The standard InChI is InChI=1S/C13H17N3O3/c1-19-13(18)16-11-4-2-3-10(7-11)15-12(17)9-5-6-14-8-9/h2-4,7,9,14H,5-6,8H2,1H3,(H,15,17)(H,16,18). The first kappa shape index (κ1) is 13.4. The van der Waals surface area contributed by atoms with Crippen molar-refractivity contribution in [3.63, 3.8) is 0 Å². The zero-order valence-electron chi connectivity index (χ0n) is 10.7. The molecule has 0 spiro atoms. The van der Waals surface area contributed by atoms with Gasteiger partial charge in [-0.05, 0) is 31.2 Å². The van der Waals surface area contributed by atoms with E-state index in [9.17, 15) is 9.59 Å². The van der Waals surface area contributed by atoms with E-state index in [4.69, 9.17) is 0 Å². The highest BCUT2D eigenvalue weighted by Gasteiger charge is 2.22. The first-order chi connectivity index (χ1) is 9.19. The molecule has 2 amide bonds. The minimum Gasteiger partial charge on any atom is -0.453 e. The minimum absolute atomic E-state index is 0.000202. The Bertz CT molecular complexity index is 470. The van der Waals surface area contributed by atoms with E-state index in [0.717, 1.165) is 13.0 Å². The van der Waals surface area contributed by atoms with Gasteiger partial charge in [0.2, 0.25) is 5.91 Å². The molecule has 3 N–H and O–H groups in total. The van der Waals surface area contributed by atoms with E-state index in [1.54, 1.807) is 24.3 Å². The van der Waals surface area contributed by atoms with Crippen molar-refractivity contribution in [2.24, 2.45) is 5.92 Å². The van der Waals surface area contributed by atoms with E-state index in [1.165, 1.54) is 7.11 Å². The van der Waals surface area contributed by atoms with E-state index in [1.807, 2.05) is 0 Å². The average molecular weight is 263 g/mol. The predicted octanol–water partition coefficient (Wildman–Crippen LogP) is 1.41. The molecular formula is C13H17N3O3. The van der Waals surface area contributed by atoms with Crippen LogP contribution in [0.25, 0.3) is 0 Å². The molecule has 0 radical (unpaired) electrons. The normalized spacial score (nSPS) is 17.8. The van der Waals surface area contributed by atoms with Gasteiger partial charge in [-0.3, -0.25) is 10.1 Å². The first-order valence-electron chi connectivity index (χ1n) is 6.15. The van der Waals surface area contributed by atoms with Gasteiger partial charge in [0.1, 0.15) is 0 Å². The Morgan fingerprint density at radius 2 is 2.05 bits per heavy atom. The van der Waals surface area contributed by atoms with Crippen LogP contribution >= 0.6 is 0 Å². The van der Waals surface area contributed by atoms with Crippen LogP contribution in [0.5, 0.6) is 0 Å². The van der Waals surface area contributed by atoms with Gasteiger partial charge < -0.3 is 15.4 Å². The maximum Gasteiger partial charge on any atom is 0.411 e. The summed E-state index contributed by atoms with van der Waals surface area (Å²) in [5.41, 5.74) is 1.24. The fourth-order valence-electron chi connectivity index (χ4n) is 1.97. The number of benzene rings is 1. The lowest BCUT2D eigenvalue weighted by Gasteiger charge is -2.11. The highest BCUT2D eigenvalue weighted by atomic mass is 16.5. The lowest BCUT2D eigenvalue weighted by atomic mass is 10.1. The molecule has 1 aliphatic rings. The molecule has 1 saturated heterocycles. The molecule has 1 unspecified atom stereocenters. The number of nitrogens with one attached hydrogen (secondary N) is 3. The number of carbonyl (C=O) groups is 2. The highest BCUT2D eigenvalue weighted by Crippen LogP contribution is 2.17. The smallest absolute Gasteiger partial charge is 0.411 e. The van der Waals surface area contributed by atoms with Crippen molar-refractivity contribution in [2.75, 3.05) is 30.8 Å². The Morgan fingerprint density at radius 1 is 1.32 bits per heavy atom. The van der Waals surface area contributed by atoms with Gasteiger partial charge in [0.15, 0.2) is 0 Å². The Balaban J connectivity index is 1.98. The van der Waals surface area contributed by atoms with Crippen molar-refractivity contribution in [2.45, 2.75) is 6.42 Å². The Kier molecular flexibility index (Phi) is 4.35. The summed E-state index contributed by atoms with van der Waals surface area (Å²) in [5, 5.41) is 8.54. The summed E-state index contributed by atoms with van der Waals surface area (Å²) in [6, 6.07) is 6.96. The van der Waals surface area contributed by atoms with Crippen LogP contribution in [0.3, 0.4) is 0 Å². The molecule has 19 heavy (non-hydrogen) atoms. The topological polar surface area (TPSA) is 79.5 Å². The Morgan fingerprint density at radius 3 is 2.68 bits per heavy atom. The van der Waals surface area contributed by atoms with Crippen LogP contribution in [0.2, 0.25) is 0 Å². The van der Waals surface area contributed by atoms with Gasteiger partial charge in [-0.2, -0.15) is 0 Å². The Labute approximate surface area is 111 Å². The zero-order chi connectivity index (χ0) is 13.7. The summed E-state index contributed by atoms with van der Waals surface area (Å²) >= 11 is 0. The maximum atomic E-state index is 11.9. The van der Waals surface area contributed by atoms with Crippen molar-refractivity contribution in [3.05, 3.63) is 24.3 Å². The van der Waals surface area contributed by atoms with Crippen LogP contribution in [-0.4, -0.2) is 32.2 Å². The van der Waals surface area contributed by atoms with Gasteiger partial charge in [-0.25, -0.2) is 4.79 Å². The molecule has 6 nitrogen and oxygen atoms in total. The number of ether oxygens (including phenoxy) is 1. The van der Waals surface area contributed by atoms with Gasteiger partial charge in [0, 0.05) is 17.9 Å². The molecule has 1 aliphatic heterocycles. The fourth-order valence-corrected chi connectivity index (χ4v) is 1.97. The van der Waals surface area contributed by atoms with Crippen LogP contribution in [0.4, 0.5) is 16.2 Å². The monoisotopic (exact) mass is 263 g/mol. The molecule has 1 heterocycles. The van der Waals surface area contributed by atoms with Crippen LogP contribution < -0.4 is 16.0 Å². The molecule has 1 aromatic rings. The van der Waals surface area contributed by atoms with Crippen LogP contribution in [0.1, 0.15) is 6.42 Å². The molecule has 1 fully saturated rings. The second-order valence-corrected chi connectivity index (χ2v) is 4.38.